The smallest absolute Gasteiger partial charge is 0.143 e. The van der Waals surface area contributed by atoms with Crippen molar-refractivity contribution in [2.75, 3.05) is 7.11 Å². The van der Waals surface area contributed by atoms with E-state index in [1.165, 1.54) is 7.11 Å². The van der Waals surface area contributed by atoms with Crippen molar-refractivity contribution in [2.24, 2.45) is 0 Å². The molecule has 2 unspecified atom stereocenters. The number of methoxy groups -OCH3 is 1. The van der Waals surface area contributed by atoms with Crippen molar-refractivity contribution >= 4 is 15.9 Å². The Morgan fingerprint density at radius 2 is 2.20 bits per heavy atom. The van der Waals surface area contributed by atoms with Gasteiger partial charge in [0.25, 0.3) is 0 Å². The molecule has 0 aliphatic carbocycles. The van der Waals surface area contributed by atoms with Crippen LogP contribution in [-0.2, 0) is 4.74 Å². The molecule has 1 N–H and O–H groups in total. The lowest BCUT2D eigenvalue weighted by Crippen LogP contribution is -2.20. The first-order valence-corrected chi connectivity index (χ1v) is 5.55. The summed E-state index contributed by atoms with van der Waals surface area (Å²) in [5.74, 6) is -0.430. The molecule has 2 nitrogen and oxygen atoms in total. The molecule has 0 heterocycles. The van der Waals surface area contributed by atoms with E-state index in [4.69, 9.17) is 4.74 Å². The maximum atomic E-state index is 13.6. The first-order chi connectivity index (χ1) is 7.11. The van der Waals surface area contributed by atoms with E-state index in [1.807, 2.05) is 6.92 Å². The zero-order valence-corrected chi connectivity index (χ0v) is 10.3. The number of aliphatic hydroxyl groups excluding tert-OH is 1. The molecule has 1 aromatic rings. The third-order valence-corrected chi connectivity index (χ3v) is 2.97. The van der Waals surface area contributed by atoms with Crippen LogP contribution in [0.2, 0.25) is 0 Å². The van der Waals surface area contributed by atoms with Gasteiger partial charge < -0.3 is 9.84 Å². The normalized spacial score (nSPS) is 15.0. The van der Waals surface area contributed by atoms with Crippen LogP contribution in [0.15, 0.2) is 22.7 Å². The quantitative estimate of drug-likeness (QED) is 0.916. The van der Waals surface area contributed by atoms with Crippen molar-refractivity contribution < 1.29 is 14.2 Å². The molecule has 0 radical (unpaired) electrons. The Balaban J connectivity index is 2.99. The minimum atomic E-state index is -0.933. The van der Waals surface area contributed by atoms with Gasteiger partial charge in [0, 0.05) is 12.7 Å². The molecule has 4 heteroatoms. The predicted molar refractivity (Wildman–Crippen MR) is 60.1 cm³/mol. The van der Waals surface area contributed by atoms with Crippen molar-refractivity contribution in [3.05, 3.63) is 34.1 Å². The molecule has 0 bridgehead atoms. The number of hydrogen-bond donors (Lipinski definition) is 1. The Hall–Kier alpha value is -0.450. The van der Waals surface area contributed by atoms with Crippen LogP contribution in [0.5, 0.6) is 0 Å². The van der Waals surface area contributed by atoms with Crippen molar-refractivity contribution in [3.63, 3.8) is 0 Å². The number of hydrogen-bond acceptors (Lipinski definition) is 2. The van der Waals surface area contributed by atoms with E-state index in [0.29, 0.717) is 10.9 Å². The monoisotopic (exact) mass is 276 g/mol. The first-order valence-electron chi connectivity index (χ1n) is 4.76. The summed E-state index contributed by atoms with van der Waals surface area (Å²) < 4.78 is 19.1. The van der Waals surface area contributed by atoms with E-state index in [1.54, 1.807) is 18.2 Å². The molecule has 2 atom stereocenters. The van der Waals surface area contributed by atoms with Crippen LogP contribution in [0.4, 0.5) is 4.39 Å². The summed E-state index contributed by atoms with van der Waals surface area (Å²) >= 11 is 3.08. The lowest BCUT2D eigenvalue weighted by molar-refractivity contribution is -0.0165. The van der Waals surface area contributed by atoms with Gasteiger partial charge in [-0.25, -0.2) is 4.39 Å². The largest absolute Gasteiger partial charge is 0.386 e. The molecule has 0 saturated heterocycles. The molecule has 0 amide bonds. The van der Waals surface area contributed by atoms with Crippen LogP contribution >= 0.6 is 15.9 Å². The van der Waals surface area contributed by atoms with E-state index in [2.05, 4.69) is 15.9 Å². The van der Waals surface area contributed by atoms with Crippen molar-refractivity contribution in [3.8, 4) is 0 Å². The standard InChI is InChI=1S/C11H14BrFO2/c1-3-9(15-2)11(14)7-5-4-6-8(12)10(7)13/h4-6,9,11,14H,3H2,1-2H3. The molecule has 1 rings (SSSR count). The number of benzene rings is 1. The van der Waals surface area contributed by atoms with Crippen molar-refractivity contribution in [1.82, 2.24) is 0 Å². The molecule has 15 heavy (non-hydrogen) atoms. The summed E-state index contributed by atoms with van der Waals surface area (Å²) in [5, 5.41) is 9.90. The Bertz CT molecular complexity index is 326. The van der Waals surface area contributed by atoms with Crippen LogP contribution in [0.25, 0.3) is 0 Å². The maximum absolute atomic E-state index is 13.6. The van der Waals surface area contributed by atoms with Crippen LogP contribution in [0.1, 0.15) is 25.0 Å². The zero-order chi connectivity index (χ0) is 11.4. The Morgan fingerprint density at radius 3 is 2.73 bits per heavy atom. The topological polar surface area (TPSA) is 29.5 Å². The van der Waals surface area contributed by atoms with E-state index in [9.17, 15) is 9.50 Å². The summed E-state index contributed by atoms with van der Waals surface area (Å²) in [5.41, 5.74) is 0.262. The van der Waals surface area contributed by atoms with Gasteiger partial charge in [-0.15, -0.1) is 0 Å². The average molecular weight is 277 g/mol. The fourth-order valence-corrected chi connectivity index (χ4v) is 1.85. The van der Waals surface area contributed by atoms with E-state index in [0.717, 1.165) is 0 Å². The molecule has 0 saturated carbocycles. The van der Waals surface area contributed by atoms with Crippen molar-refractivity contribution in [1.29, 1.82) is 0 Å². The highest BCUT2D eigenvalue weighted by molar-refractivity contribution is 9.10. The molecule has 0 fully saturated rings. The molecular formula is C11H14BrFO2. The average Bonchev–Trinajstić information content (AvgIpc) is 2.23. The fourth-order valence-electron chi connectivity index (χ4n) is 1.47. The van der Waals surface area contributed by atoms with Crippen LogP contribution < -0.4 is 0 Å². The van der Waals surface area contributed by atoms with Gasteiger partial charge in [-0.1, -0.05) is 19.1 Å². The van der Waals surface area contributed by atoms with Crippen LogP contribution in [-0.4, -0.2) is 18.3 Å². The van der Waals surface area contributed by atoms with Gasteiger partial charge >= 0.3 is 0 Å². The highest BCUT2D eigenvalue weighted by Crippen LogP contribution is 2.27. The third kappa shape index (κ3) is 2.77. The van der Waals surface area contributed by atoms with Gasteiger partial charge in [0.2, 0.25) is 0 Å². The Kier molecular flexibility index (Phi) is 4.70. The second kappa shape index (κ2) is 5.58. The third-order valence-electron chi connectivity index (χ3n) is 2.36. The second-order valence-electron chi connectivity index (χ2n) is 3.27. The number of aliphatic hydroxyl groups is 1. The summed E-state index contributed by atoms with van der Waals surface area (Å²) in [4.78, 5) is 0. The summed E-state index contributed by atoms with van der Waals surface area (Å²) in [7, 11) is 1.51. The predicted octanol–water partition coefficient (Wildman–Crippen LogP) is 3.05. The van der Waals surface area contributed by atoms with E-state index < -0.39 is 11.9 Å². The Morgan fingerprint density at radius 1 is 1.53 bits per heavy atom. The number of ether oxygens (including phenoxy) is 1. The fraction of sp³-hybridized carbons (Fsp3) is 0.455. The summed E-state index contributed by atoms with van der Waals surface area (Å²) in [6.45, 7) is 1.88. The zero-order valence-electron chi connectivity index (χ0n) is 8.71. The molecule has 0 aliphatic heterocycles. The SMILES string of the molecule is CCC(OC)C(O)c1cccc(Br)c1F. The molecule has 0 spiro atoms. The van der Waals surface area contributed by atoms with Crippen LogP contribution in [0.3, 0.4) is 0 Å². The molecular weight excluding hydrogens is 263 g/mol. The summed E-state index contributed by atoms with van der Waals surface area (Å²) in [6.07, 6.45) is -0.685. The highest BCUT2D eigenvalue weighted by atomic mass is 79.9. The van der Waals surface area contributed by atoms with Gasteiger partial charge in [-0.3, -0.25) is 0 Å². The van der Waals surface area contributed by atoms with Gasteiger partial charge in [0.1, 0.15) is 11.9 Å². The van der Waals surface area contributed by atoms with Gasteiger partial charge in [0.05, 0.1) is 10.6 Å². The van der Waals surface area contributed by atoms with Gasteiger partial charge in [-0.2, -0.15) is 0 Å². The lowest BCUT2D eigenvalue weighted by atomic mass is 10.0. The maximum Gasteiger partial charge on any atom is 0.143 e. The molecule has 0 aromatic heterocycles. The molecule has 0 aliphatic rings. The minimum absolute atomic E-state index is 0.262. The molecule has 84 valence electrons. The summed E-state index contributed by atoms with van der Waals surface area (Å²) in [6, 6.07) is 4.85. The first kappa shape index (κ1) is 12.6. The minimum Gasteiger partial charge on any atom is -0.386 e. The number of rotatable bonds is 4. The van der Waals surface area contributed by atoms with Gasteiger partial charge in [0.15, 0.2) is 0 Å². The van der Waals surface area contributed by atoms with E-state index in [-0.39, 0.29) is 11.7 Å². The van der Waals surface area contributed by atoms with E-state index >= 15 is 0 Å². The number of halogens is 2. The lowest BCUT2D eigenvalue weighted by Gasteiger charge is -2.21. The Labute approximate surface area is 97.2 Å². The van der Waals surface area contributed by atoms with Crippen LogP contribution in [0, 0.1) is 5.82 Å². The van der Waals surface area contributed by atoms with Gasteiger partial charge in [-0.05, 0) is 28.4 Å². The molecule has 1 aromatic carbocycles. The van der Waals surface area contributed by atoms with Crippen molar-refractivity contribution in [2.45, 2.75) is 25.6 Å². The second-order valence-corrected chi connectivity index (χ2v) is 4.12. The highest BCUT2D eigenvalue weighted by Gasteiger charge is 2.22.